The fourth-order valence-electron chi connectivity index (χ4n) is 2.25. The van der Waals surface area contributed by atoms with E-state index in [4.69, 9.17) is 4.74 Å². The SMILES string of the molecule is CCOC(=O)c1cccc(NS(=O)(=O)c2nnc(NC(=O)c3ccccc3)s2)c1. The molecule has 0 spiro atoms. The molecule has 0 saturated heterocycles. The molecule has 1 aromatic heterocycles. The Balaban J connectivity index is 1.73. The smallest absolute Gasteiger partial charge is 0.338 e. The Hall–Kier alpha value is -3.31. The van der Waals surface area contributed by atoms with Gasteiger partial charge in [-0.15, -0.1) is 10.2 Å². The lowest BCUT2D eigenvalue weighted by Gasteiger charge is -2.07. The molecule has 1 heterocycles. The first-order valence-corrected chi connectivity index (χ1v) is 10.7. The van der Waals surface area contributed by atoms with E-state index in [9.17, 15) is 18.0 Å². The molecule has 3 rings (SSSR count). The van der Waals surface area contributed by atoms with Gasteiger partial charge in [-0.1, -0.05) is 35.6 Å². The molecular formula is C18H16N4O5S2. The van der Waals surface area contributed by atoms with Crippen LogP contribution in [0.15, 0.2) is 58.9 Å². The highest BCUT2D eigenvalue weighted by Gasteiger charge is 2.22. The highest BCUT2D eigenvalue weighted by Crippen LogP contribution is 2.23. The fraction of sp³-hybridized carbons (Fsp3) is 0.111. The zero-order chi connectivity index (χ0) is 20.9. The van der Waals surface area contributed by atoms with Gasteiger partial charge in [-0.25, -0.2) is 4.79 Å². The molecule has 3 aromatic rings. The molecule has 29 heavy (non-hydrogen) atoms. The molecule has 0 aliphatic carbocycles. The zero-order valence-electron chi connectivity index (χ0n) is 15.2. The summed E-state index contributed by atoms with van der Waals surface area (Å²) in [6, 6.07) is 14.3. The van der Waals surface area contributed by atoms with Crippen molar-refractivity contribution in [3.8, 4) is 0 Å². The molecule has 11 heteroatoms. The van der Waals surface area contributed by atoms with E-state index in [1.807, 2.05) is 0 Å². The maximum Gasteiger partial charge on any atom is 0.338 e. The maximum absolute atomic E-state index is 12.5. The number of aromatic nitrogens is 2. The number of sulfonamides is 1. The van der Waals surface area contributed by atoms with Crippen LogP contribution in [-0.2, 0) is 14.8 Å². The molecule has 0 radical (unpaired) electrons. The topological polar surface area (TPSA) is 127 Å². The van der Waals surface area contributed by atoms with Crippen LogP contribution < -0.4 is 10.0 Å². The molecule has 0 fully saturated rings. The number of amides is 1. The van der Waals surface area contributed by atoms with E-state index >= 15 is 0 Å². The normalized spacial score (nSPS) is 10.9. The fourth-order valence-corrected chi connectivity index (χ4v) is 4.20. The van der Waals surface area contributed by atoms with Crippen molar-refractivity contribution in [3.63, 3.8) is 0 Å². The number of carbonyl (C=O) groups excluding carboxylic acids is 2. The lowest BCUT2D eigenvalue weighted by atomic mass is 10.2. The Bertz CT molecular complexity index is 1130. The lowest BCUT2D eigenvalue weighted by Crippen LogP contribution is -2.13. The highest BCUT2D eigenvalue weighted by atomic mass is 32.2. The molecule has 9 nitrogen and oxygen atoms in total. The lowest BCUT2D eigenvalue weighted by molar-refractivity contribution is 0.0526. The van der Waals surface area contributed by atoms with E-state index in [0.717, 1.165) is 0 Å². The summed E-state index contributed by atoms with van der Waals surface area (Å²) in [5.74, 6) is -0.990. The van der Waals surface area contributed by atoms with Crippen LogP contribution in [0.25, 0.3) is 0 Å². The van der Waals surface area contributed by atoms with Crippen LogP contribution in [0.4, 0.5) is 10.8 Å². The number of ether oxygens (including phenoxy) is 1. The molecule has 0 atom stereocenters. The number of carbonyl (C=O) groups is 2. The second-order valence-corrected chi connectivity index (χ2v) is 8.43. The van der Waals surface area contributed by atoms with Gasteiger partial charge in [0.05, 0.1) is 12.2 Å². The standard InChI is InChI=1S/C18H16N4O5S2/c1-2-27-16(24)13-9-6-10-14(11-13)22-29(25,26)18-21-20-17(28-18)19-15(23)12-7-4-3-5-8-12/h3-11,22H,2H2,1H3,(H,19,20,23). The van der Waals surface area contributed by atoms with Crippen molar-refractivity contribution in [1.29, 1.82) is 0 Å². The van der Waals surface area contributed by atoms with Gasteiger partial charge >= 0.3 is 5.97 Å². The van der Waals surface area contributed by atoms with Crippen LogP contribution in [-0.4, -0.2) is 37.1 Å². The quantitative estimate of drug-likeness (QED) is 0.434. The van der Waals surface area contributed by atoms with Crippen LogP contribution in [0.2, 0.25) is 0 Å². The van der Waals surface area contributed by atoms with Gasteiger partial charge in [0.1, 0.15) is 0 Å². The number of benzene rings is 2. The third kappa shape index (κ3) is 5.15. The number of esters is 1. The average molecular weight is 432 g/mol. The summed E-state index contributed by atoms with van der Waals surface area (Å²) < 4.78 is 32.0. The van der Waals surface area contributed by atoms with E-state index in [0.29, 0.717) is 16.9 Å². The average Bonchev–Trinajstić information content (AvgIpc) is 3.18. The van der Waals surface area contributed by atoms with Gasteiger partial charge in [-0.2, -0.15) is 8.42 Å². The Morgan fingerprint density at radius 1 is 1.03 bits per heavy atom. The van der Waals surface area contributed by atoms with Crippen LogP contribution >= 0.6 is 11.3 Å². The Morgan fingerprint density at radius 3 is 2.48 bits per heavy atom. The van der Waals surface area contributed by atoms with Gasteiger partial charge in [-0.05, 0) is 37.3 Å². The van der Waals surface area contributed by atoms with Gasteiger partial charge in [0, 0.05) is 11.3 Å². The van der Waals surface area contributed by atoms with Crippen LogP contribution in [0, 0.1) is 0 Å². The van der Waals surface area contributed by atoms with Crippen LogP contribution in [0.1, 0.15) is 27.6 Å². The molecule has 0 aliphatic rings. The Morgan fingerprint density at radius 2 is 1.76 bits per heavy atom. The van der Waals surface area contributed by atoms with Crippen LogP contribution in [0.5, 0.6) is 0 Å². The van der Waals surface area contributed by atoms with Gasteiger partial charge in [0.25, 0.3) is 20.3 Å². The monoisotopic (exact) mass is 432 g/mol. The third-order valence-electron chi connectivity index (χ3n) is 3.52. The third-order valence-corrected chi connectivity index (χ3v) is 6.11. The predicted molar refractivity (Wildman–Crippen MR) is 108 cm³/mol. The van der Waals surface area contributed by atoms with Crippen LogP contribution in [0.3, 0.4) is 0 Å². The van der Waals surface area contributed by atoms with Gasteiger partial charge in [0.2, 0.25) is 5.13 Å². The van der Waals surface area contributed by atoms with Gasteiger partial charge in [-0.3, -0.25) is 14.8 Å². The number of nitrogens with zero attached hydrogens (tertiary/aromatic N) is 2. The van der Waals surface area contributed by atoms with E-state index in [2.05, 4.69) is 20.2 Å². The summed E-state index contributed by atoms with van der Waals surface area (Å²) in [4.78, 5) is 23.9. The molecule has 1 amide bonds. The predicted octanol–water partition coefficient (Wildman–Crippen LogP) is 2.77. The first kappa shape index (κ1) is 20.4. The molecule has 150 valence electrons. The number of hydrogen-bond acceptors (Lipinski definition) is 8. The van der Waals surface area contributed by atoms with Gasteiger partial charge < -0.3 is 4.74 Å². The summed E-state index contributed by atoms with van der Waals surface area (Å²) in [6.07, 6.45) is 0. The minimum atomic E-state index is -4.06. The Labute approximate surface area is 170 Å². The summed E-state index contributed by atoms with van der Waals surface area (Å²) >= 11 is 0.704. The molecular weight excluding hydrogens is 416 g/mol. The summed E-state index contributed by atoms with van der Waals surface area (Å²) in [6.45, 7) is 1.88. The molecule has 2 aromatic carbocycles. The van der Waals surface area contributed by atoms with Crippen molar-refractivity contribution in [1.82, 2.24) is 10.2 Å². The van der Waals surface area contributed by atoms with Gasteiger partial charge in [0.15, 0.2) is 0 Å². The second kappa shape index (κ2) is 8.80. The first-order chi connectivity index (χ1) is 13.9. The minimum absolute atomic E-state index is 0.0412. The summed E-state index contributed by atoms with van der Waals surface area (Å²) in [5, 5.41) is 9.88. The zero-order valence-corrected chi connectivity index (χ0v) is 16.8. The molecule has 0 aliphatic heterocycles. The van der Waals surface area contributed by atoms with Crippen molar-refractivity contribution in [2.24, 2.45) is 0 Å². The maximum atomic E-state index is 12.5. The van der Waals surface area contributed by atoms with E-state index in [-0.39, 0.29) is 27.3 Å². The second-order valence-electron chi connectivity index (χ2n) is 5.60. The van der Waals surface area contributed by atoms with Crippen molar-refractivity contribution in [3.05, 3.63) is 65.7 Å². The molecule has 0 bridgehead atoms. The molecule has 0 unspecified atom stereocenters. The van der Waals surface area contributed by atoms with Crippen molar-refractivity contribution >= 4 is 44.1 Å². The van der Waals surface area contributed by atoms with Crippen molar-refractivity contribution in [2.75, 3.05) is 16.6 Å². The van der Waals surface area contributed by atoms with E-state index < -0.39 is 21.9 Å². The number of anilines is 2. The minimum Gasteiger partial charge on any atom is -0.462 e. The van der Waals surface area contributed by atoms with Crippen molar-refractivity contribution < 1.29 is 22.7 Å². The van der Waals surface area contributed by atoms with Crippen molar-refractivity contribution in [2.45, 2.75) is 11.3 Å². The number of nitrogens with one attached hydrogen (secondary N) is 2. The van der Waals surface area contributed by atoms with E-state index in [1.54, 1.807) is 37.3 Å². The summed E-state index contributed by atoms with van der Waals surface area (Å²) in [7, 11) is -4.06. The van der Waals surface area contributed by atoms with E-state index in [1.165, 1.54) is 24.3 Å². The Kier molecular flexibility index (Phi) is 6.20. The summed E-state index contributed by atoms with van der Waals surface area (Å²) in [5.41, 5.74) is 0.779. The number of rotatable bonds is 7. The first-order valence-electron chi connectivity index (χ1n) is 8.39. The molecule has 0 saturated carbocycles. The number of hydrogen-bond donors (Lipinski definition) is 2. The highest BCUT2D eigenvalue weighted by molar-refractivity contribution is 7.94. The largest absolute Gasteiger partial charge is 0.462 e. The molecule has 2 N–H and O–H groups in total.